The molecular weight excluding hydrogens is 381 g/mol. The summed E-state index contributed by atoms with van der Waals surface area (Å²) in [6.07, 6.45) is 4.06. The predicted octanol–water partition coefficient (Wildman–Crippen LogP) is 2.23. The Morgan fingerprint density at radius 3 is 2.71 bits per heavy atom. The van der Waals surface area contributed by atoms with Crippen LogP contribution in [-0.2, 0) is 16.1 Å². The molecule has 7 nitrogen and oxygen atoms in total. The third kappa shape index (κ3) is 4.41. The van der Waals surface area contributed by atoms with Gasteiger partial charge in [0.15, 0.2) is 11.0 Å². The summed E-state index contributed by atoms with van der Waals surface area (Å²) in [7, 11) is 0. The third-order valence-corrected chi connectivity index (χ3v) is 5.56. The fraction of sp³-hybridized carbons (Fsp3) is 0.368. The van der Waals surface area contributed by atoms with Crippen LogP contribution in [0.25, 0.3) is 11.4 Å². The molecule has 1 fully saturated rings. The molecule has 1 aliphatic heterocycles. The van der Waals surface area contributed by atoms with Gasteiger partial charge in [0.2, 0.25) is 11.8 Å². The predicted molar refractivity (Wildman–Crippen MR) is 105 cm³/mol. The largest absolute Gasteiger partial charge is 0.368 e. The first-order chi connectivity index (χ1) is 13.5. The Morgan fingerprint density at radius 1 is 1.29 bits per heavy atom. The molecule has 1 atom stereocenters. The quantitative estimate of drug-likeness (QED) is 0.565. The molecule has 2 heterocycles. The molecule has 1 saturated heterocycles. The summed E-state index contributed by atoms with van der Waals surface area (Å²) in [6.45, 7) is 4.73. The number of piperidine rings is 1. The van der Waals surface area contributed by atoms with E-state index in [4.69, 9.17) is 5.73 Å². The molecular formula is C19H22FN5O2S. The van der Waals surface area contributed by atoms with Gasteiger partial charge >= 0.3 is 0 Å². The summed E-state index contributed by atoms with van der Waals surface area (Å²) in [5.74, 6) is -0.244. The van der Waals surface area contributed by atoms with Crippen molar-refractivity contribution in [1.29, 1.82) is 0 Å². The van der Waals surface area contributed by atoms with Crippen LogP contribution < -0.4 is 5.73 Å². The first-order valence-electron chi connectivity index (χ1n) is 9.03. The number of primary amides is 1. The summed E-state index contributed by atoms with van der Waals surface area (Å²) in [5, 5.41) is 8.92. The third-order valence-electron chi connectivity index (χ3n) is 4.61. The van der Waals surface area contributed by atoms with Crippen LogP contribution >= 0.6 is 11.8 Å². The summed E-state index contributed by atoms with van der Waals surface area (Å²) in [5.41, 5.74) is 6.16. The molecule has 2 amide bonds. The molecule has 0 unspecified atom stereocenters. The van der Waals surface area contributed by atoms with Crippen molar-refractivity contribution in [1.82, 2.24) is 19.7 Å². The number of aromatic nitrogens is 3. The number of halogens is 1. The van der Waals surface area contributed by atoms with Crippen LogP contribution in [-0.4, -0.2) is 49.8 Å². The second-order valence-corrected chi connectivity index (χ2v) is 7.44. The number of nitrogens with two attached hydrogens (primary N) is 1. The Labute approximate surface area is 166 Å². The minimum atomic E-state index is -0.539. The Kier molecular flexibility index (Phi) is 6.45. The highest BCUT2D eigenvalue weighted by molar-refractivity contribution is 7.99. The van der Waals surface area contributed by atoms with Gasteiger partial charge in [0, 0.05) is 18.7 Å². The van der Waals surface area contributed by atoms with Crippen LogP contribution in [0.3, 0.4) is 0 Å². The molecule has 0 saturated carbocycles. The van der Waals surface area contributed by atoms with Gasteiger partial charge < -0.3 is 10.6 Å². The molecule has 0 aliphatic carbocycles. The molecule has 1 aliphatic rings. The van der Waals surface area contributed by atoms with Crippen molar-refractivity contribution in [3.05, 3.63) is 42.7 Å². The highest BCUT2D eigenvalue weighted by Crippen LogP contribution is 2.25. The van der Waals surface area contributed by atoms with Crippen molar-refractivity contribution in [2.24, 2.45) is 5.73 Å². The normalized spacial score (nSPS) is 16.8. The van der Waals surface area contributed by atoms with Gasteiger partial charge in [-0.25, -0.2) is 4.39 Å². The Balaban J connectivity index is 1.75. The van der Waals surface area contributed by atoms with Crippen molar-refractivity contribution in [2.75, 3.05) is 12.3 Å². The number of benzene rings is 1. The van der Waals surface area contributed by atoms with Gasteiger partial charge in [-0.3, -0.25) is 14.2 Å². The van der Waals surface area contributed by atoms with Gasteiger partial charge in [0.05, 0.1) is 5.75 Å². The Hall–Kier alpha value is -2.68. The van der Waals surface area contributed by atoms with Crippen molar-refractivity contribution in [3.8, 4) is 11.4 Å². The number of allylic oxidation sites excluding steroid dienone is 1. The molecule has 0 radical (unpaired) electrons. The van der Waals surface area contributed by atoms with Gasteiger partial charge in [-0.15, -0.1) is 16.8 Å². The monoisotopic (exact) mass is 403 g/mol. The van der Waals surface area contributed by atoms with E-state index < -0.39 is 11.9 Å². The van der Waals surface area contributed by atoms with E-state index in [-0.39, 0.29) is 17.5 Å². The van der Waals surface area contributed by atoms with Gasteiger partial charge in [-0.2, -0.15) is 0 Å². The number of likely N-dealkylation sites (tertiary alicyclic amines) is 1. The molecule has 0 bridgehead atoms. The first-order valence-corrected chi connectivity index (χ1v) is 10.0. The standard InChI is InChI=1S/C19H22FN5O2S/c1-2-10-25-18(13-6-8-14(20)9-7-13)22-23-19(25)28-12-16(26)24-11-4-3-5-15(24)17(21)27/h2,6-9,15H,1,3-5,10-12H2,(H2,21,27)/t15-/m0/s1. The number of hydrogen-bond acceptors (Lipinski definition) is 5. The first kappa shape index (κ1) is 20.1. The number of amides is 2. The molecule has 1 aromatic heterocycles. The maximum Gasteiger partial charge on any atom is 0.240 e. The van der Waals surface area contributed by atoms with Crippen LogP contribution in [0.2, 0.25) is 0 Å². The highest BCUT2D eigenvalue weighted by Gasteiger charge is 2.30. The average molecular weight is 403 g/mol. The smallest absolute Gasteiger partial charge is 0.240 e. The number of hydrogen-bond donors (Lipinski definition) is 1. The lowest BCUT2D eigenvalue weighted by molar-refractivity contribution is -0.138. The van der Waals surface area contributed by atoms with Crippen LogP contribution in [0.15, 0.2) is 42.1 Å². The number of carbonyl (C=O) groups is 2. The molecule has 148 valence electrons. The van der Waals surface area contributed by atoms with Gasteiger partial charge in [-0.05, 0) is 43.5 Å². The van der Waals surface area contributed by atoms with E-state index in [1.807, 2.05) is 4.57 Å². The molecule has 9 heteroatoms. The molecule has 1 aromatic carbocycles. The molecule has 0 spiro atoms. The summed E-state index contributed by atoms with van der Waals surface area (Å²) >= 11 is 1.25. The minimum Gasteiger partial charge on any atom is -0.368 e. The van der Waals surface area contributed by atoms with Crippen molar-refractivity contribution in [2.45, 2.75) is 37.0 Å². The minimum absolute atomic E-state index is 0.127. The van der Waals surface area contributed by atoms with E-state index in [0.717, 1.165) is 18.4 Å². The lowest BCUT2D eigenvalue weighted by Crippen LogP contribution is -2.51. The number of carbonyl (C=O) groups excluding carboxylic acids is 2. The number of thioether (sulfide) groups is 1. The molecule has 28 heavy (non-hydrogen) atoms. The lowest BCUT2D eigenvalue weighted by atomic mass is 10.0. The summed E-state index contributed by atoms with van der Waals surface area (Å²) in [6, 6.07) is 5.44. The van der Waals surface area contributed by atoms with Crippen molar-refractivity contribution < 1.29 is 14.0 Å². The Morgan fingerprint density at radius 2 is 2.04 bits per heavy atom. The average Bonchev–Trinajstić information content (AvgIpc) is 3.09. The van der Waals surface area contributed by atoms with Gasteiger partial charge in [0.25, 0.3) is 0 Å². The van der Waals surface area contributed by atoms with Crippen molar-refractivity contribution in [3.63, 3.8) is 0 Å². The second kappa shape index (κ2) is 9.01. The summed E-state index contributed by atoms with van der Waals surface area (Å²) in [4.78, 5) is 25.8. The second-order valence-electron chi connectivity index (χ2n) is 6.50. The van der Waals surface area contributed by atoms with E-state index in [1.54, 1.807) is 23.1 Å². The SMILES string of the molecule is C=CCn1c(SCC(=O)N2CCCC[C@H]2C(N)=O)nnc1-c1ccc(F)cc1. The van der Waals surface area contributed by atoms with Gasteiger partial charge in [0.1, 0.15) is 11.9 Å². The topological polar surface area (TPSA) is 94.1 Å². The van der Waals surface area contributed by atoms with E-state index in [9.17, 15) is 14.0 Å². The maximum absolute atomic E-state index is 13.2. The van der Waals surface area contributed by atoms with E-state index >= 15 is 0 Å². The van der Waals surface area contributed by atoms with Crippen LogP contribution in [0.4, 0.5) is 4.39 Å². The van der Waals surface area contributed by atoms with Gasteiger partial charge in [-0.1, -0.05) is 17.8 Å². The van der Waals surface area contributed by atoms with Crippen LogP contribution in [0, 0.1) is 5.82 Å². The number of rotatable bonds is 7. The fourth-order valence-corrected chi connectivity index (χ4v) is 4.07. The van der Waals surface area contributed by atoms with E-state index in [2.05, 4.69) is 16.8 Å². The zero-order valence-corrected chi connectivity index (χ0v) is 16.2. The zero-order valence-electron chi connectivity index (χ0n) is 15.4. The van der Waals surface area contributed by atoms with Crippen LogP contribution in [0.1, 0.15) is 19.3 Å². The van der Waals surface area contributed by atoms with E-state index in [0.29, 0.717) is 30.5 Å². The van der Waals surface area contributed by atoms with Crippen molar-refractivity contribution >= 4 is 23.6 Å². The van der Waals surface area contributed by atoms with E-state index in [1.165, 1.54) is 23.9 Å². The zero-order chi connectivity index (χ0) is 20.1. The molecule has 2 N–H and O–H groups in total. The summed E-state index contributed by atoms with van der Waals surface area (Å²) < 4.78 is 15.0. The molecule has 3 rings (SSSR count). The maximum atomic E-state index is 13.2. The molecule has 2 aromatic rings. The highest BCUT2D eigenvalue weighted by atomic mass is 32.2. The fourth-order valence-electron chi connectivity index (χ4n) is 3.24. The lowest BCUT2D eigenvalue weighted by Gasteiger charge is -2.33. The Bertz CT molecular complexity index is 868. The number of nitrogens with zero attached hydrogens (tertiary/aromatic N) is 4. The van der Waals surface area contributed by atoms with Crippen LogP contribution in [0.5, 0.6) is 0 Å².